The van der Waals surface area contributed by atoms with Crippen LogP contribution in [0.5, 0.6) is 0 Å². The molecule has 29 heavy (non-hydrogen) atoms. The summed E-state index contributed by atoms with van der Waals surface area (Å²) < 4.78 is 1.24. The first-order chi connectivity index (χ1) is 14.1. The number of piperidine rings is 1. The van der Waals surface area contributed by atoms with Crippen LogP contribution in [0.15, 0.2) is 54.6 Å². The lowest BCUT2D eigenvalue weighted by Gasteiger charge is -2.32. The smallest absolute Gasteiger partial charge is 0.277 e. The minimum Gasteiger partial charge on any atom is -0.337 e. The van der Waals surface area contributed by atoms with Gasteiger partial charge in [0.25, 0.3) is 5.91 Å². The van der Waals surface area contributed by atoms with Crippen molar-refractivity contribution in [1.82, 2.24) is 9.88 Å². The number of nitrogens with zero attached hydrogens (tertiary/aromatic N) is 2. The predicted molar refractivity (Wildman–Crippen MR) is 119 cm³/mol. The summed E-state index contributed by atoms with van der Waals surface area (Å²) in [7, 11) is 0. The second-order valence-electron chi connectivity index (χ2n) is 8.32. The monoisotopic (exact) mass is 408 g/mol. The van der Waals surface area contributed by atoms with Crippen molar-refractivity contribution >= 4 is 27.5 Å². The number of para-hydroxylation sites is 1. The molecule has 0 unspecified atom stereocenters. The Hall–Kier alpha value is -2.24. The highest BCUT2D eigenvalue weighted by Crippen LogP contribution is 2.32. The van der Waals surface area contributed by atoms with Crippen LogP contribution < -0.4 is 5.32 Å². The van der Waals surface area contributed by atoms with E-state index in [0.29, 0.717) is 24.4 Å². The van der Waals surface area contributed by atoms with Crippen molar-refractivity contribution in [1.29, 1.82) is 0 Å². The minimum atomic E-state index is 0.248. The summed E-state index contributed by atoms with van der Waals surface area (Å²) in [4.78, 5) is 19.9. The number of hydrogen-bond acceptors (Lipinski definition) is 3. The molecule has 2 N–H and O–H groups in total. The Kier molecular flexibility index (Phi) is 6.26. The minimum absolute atomic E-state index is 0.248. The summed E-state index contributed by atoms with van der Waals surface area (Å²) in [6, 6.07) is 19.1. The molecule has 0 bridgehead atoms. The highest BCUT2D eigenvalue weighted by atomic mass is 32.1. The summed E-state index contributed by atoms with van der Waals surface area (Å²) in [6.45, 7) is 6.62. The Morgan fingerprint density at radius 3 is 2.69 bits per heavy atom. The molecule has 0 saturated carbocycles. The fourth-order valence-electron chi connectivity index (χ4n) is 4.30. The van der Waals surface area contributed by atoms with Crippen LogP contribution in [0, 0.1) is 5.92 Å². The van der Waals surface area contributed by atoms with Gasteiger partial charge in [-0.2, -0.15) is 0 Å². The standard InChI is InChI=1S/C24H29N3OS/c1-17(2)23(18-9-4-3-5-10-18)25-15-22(28)27-14-8-11-19(16-27)24-26-20-12-6-7-13-21(20)29-24/h3-7,9-10,12-13,17,19,23,25H,8,11,14-16H2,1-2H3/p+1/t19-,23-/m0/s1. The van der Waals surface area contributed by atoms with Crippen LogP contribution in [-0.4, -0.2) is 35.4 Å². The van der Waals surface area contributed by atoms with Crippen molar-refractivity contribution in [3.05, 3.63) is 65.2 Å². The van der Waals surface area contributed by atoms with E-state index < -0.39 is 0 Å². The Labute approximate surface area is 177 Å². The van der Waals surface area contributed by atoms with E-state index in [2.05, 4.69) is 66.5 Å². The van der Waals surface area contributed by atoms with Gasteiger partial charge in [0.15, 0.2) is 6.54 Å². The van der Waals surface area contributed by atoms with Gasteiger partial charge < -0.3 is 10.2 Å². The first-order valence-corrected chi connectivity index (χ1v) is 11.4. The highest BCUT2D eigenvalue weighted by Gasteiger charge is 2.28. The zero-order chi connectivity index (χ0) is 20.2. The molecule has 2 aromatic carbocycles. The van der Waals surface area contributed by atoms with E-state index in [9.17, 15) is 4.79 Å². The first-order valence-electron chi connectivity index (χ1n) is 10.6. The number of rotatable bonds is 6. The number of carbonyl (C=O) groups is 1. The first kappa shape index (κ1) is 20.0. The number of quaternary nitrogens is 1. The van der Waals surface area contributed by atoms with Crippen molar-refractivity contribution in [2.45, 2.75) is 38.6 Å². The third-order valence-electron chi connectivity index (χ3n) is 5.88. The number of carbonyl (C=O) groups excluding carboxylic acids is 1. The maximum absolute atomic E-state index is 13.0. The zero-order valence-electron chi connectivity index (χ0n) is 17.3. The molecule has 1 amide bonds. The fraction of sp³-hybridized carbons (Fsp3) is 0.417. The molecule has 4 nitrogen and oxygen atoms in total. The van der Waals surface area contributed by atoms with E-state index in [1.165, 1.54) is 15.3 Å². The van der Waals surface area contributed by atoms with Gasteiger partial charge in [-0.25, -0.2) is 4.98 Å². The molecule has 4 rings (SSSR count). The van der Waals surface area contributed by atoms with Crippen LogP contribution in [0.3, 0.4) is 0 Å². The summed E-state index contributed by atoms with van der Waals surface area (Å²) in [6.07, 6.45) is 2.17. The second-order valence-corrected chi connectivity index (χ2v) is 9.38. The molecule has 1 saturated heterocycles. The van der Waals surface area contributed by atoms with Crippen molar-refractivity contribution in [3.8, 4) is 0 Å². The van der Waals surface area contributed by atoms with Gasteiger partial charge in [-0.05, 0) is 25.0 Å². The Bertz CT molecular complexity index is 920. The van der Waals surface area contributed by atoms with Crippen molar-refractivity contribution in [2.24, 2.45) is 5.92 Å². The molecule has 152 valence electrons. The topological polar surface area (TPSA) is 49.8 Å². The van der Waals surface area contributed by atoms with E-state index in [1.54, 1.807) is 11.3 Å². The number of fused-ring (bicyclic) bond motifs is 1. The molecule has 3 aromatic rings. The van der Waals surface area contributed by atoms with Crippen LogP contribution in [0.2, 0.25) is 0 Å². The van der Waals surface area contributed by atoms with Gasteiger partial charge in [-0.15, -0.1) is 11.3 Å². The van der Waals surface area contributed by atoms with E-state index in [4.69, 9.17) is 4.98 Å². The number of aromatic nitrogens is 1. The maximum Gasteiger partial charge on any atom is 0.277 e. The quantitative estimate of drug-likeness (QED) is 0.671. The van der Waals surface area contributed by atoms with E-state index in [0.717, 1.165) is 31.4 Å². The van der Waals surface area contributed by atoms with Crippen molar-refractivity contribution in [2.75, 3.05) is 19.6 Å². The van der Waals surface area contributed by atoms with E-state index >= 15 is 0 Å². The lowest BCUT2D eigenvalue weighted by Crippen LogP contribution is -2.88. The molecule has 1 aliphatic heterocycles. The average molecular weight is 409 g/mol. The third-order valence-corrected chi connectivity index (χ3v) is 7.08. The van der Waals surface area contributed by atoms with Gasteiger partial charge in [0.05, 0.1) is 15.2 Å². The van der Waals surface area contributed by atoms with Crippen molar-refractivity contribution in [3.63, 3.8) is 0 Å². The number of benzene rings is 2. The SMILES string of the molecule is CC(C)[C@H]([NH2+]CC(=O)N1CCC[C@H](c2nc3ccccc3s2)C1)c1ccccc1. The molecule has 1 fully saturated rings. The largest absolute Gasteiger partial charge is 0.337 e. The normalized spacial score (nSPS) is 18.3. The maximum atomic E-state index is 13.0. The summed E-state index contributed by atoms with van der Waals surface area (Å²) in [5, 5.41) is 3.39. The molecule has 0 aliphatic carbocycles. The molecule has 5 heteroatoms. The molecule has 1 aromatic heterocycles. The molecule has 1 aliphatic rings. The summed E-state index contributed by atoms with van der Waals surface area (Å²) in [5.41, 5.74) is 2.37. The number of hydrogen-bond donors (Lipinski definition) is 1. The molecule has 0 radical (unpaired) electrons. The van der Waals surface area contributed by atoms with E-state index in [1.807, 2.05) is 12.1 Å². The second kappa shape index (κ2) is 9.06. The Morgan fingerprint density at radius 2 is 1.93 bits per heavy atom. The molecule has 2 atom stereocenters. The van der Waals surface area contributed by atoms with Crippen molar-refractivity contribution < 1.29 is 10.1 Å². The Morgan fingerprint density at radius 1 is 1.17 bits per heavy atom. The molecule has 2 heterocycles. The lowest BCUT2D eigenvalue weighted by atomic mass is 9.96. The number of amides is 1. The highest BCUT2D eigenvalue weighted by molar-refractivity contribution is 7.18. The van der Waals surface area contributed by atoms with Gasteiger partial charge in [0.1, 0.15) is 6.04 Å². The number of thiazole rings is 1. The lowest BCUT2D eigenvalue weighted by molar-refractivity contribution is -0.692. The predicted octanol–water partition coefficient (Wildman–Crippen LogP) is 3.96. The van der Waals surface area contributed by atoms with Crippen LogP contribution >= 0.6 is 11.3 Å². The van der Waals surface area contributed by atoms with Crippen LogP contribution in [0.1, 0.15) is 49.2 Å². The molecular weight excluding hydrogens is 378 g/mol. The van der Waals surface area contributed by atoms with Gasteiger partial charge in [0.2, 0.25) is 0 Å². The Balaban J connectivity index is 1.39. The summed E-state index contributed by atoms with van der Waals surface area (Å²) in [5.74, 6) is 1.08. The van der Waals surface area contributed by atoms with Gasteiger partial charge >= 0.3 is 0 Å². The van der Waals surface area contributed by atoms with E-state index in [-0.39, 0.29) is 5.91 Å². The van der Waals surface area contributed by atoms with Gasteiger partial charge in [0, 0.05) is 30.5 Å². The van der Waals surface area contributed by atoms with Crippen LogP contribution in [-0.2, 0) is 4.79 Å². The van der Waals surface area contributed by atoms with Gasteiger partial charge in [-0.1, -0.05) is 56.3 Å². The van der Waals surface area contributed by atoms with Crippen LogP contribution in [0.4, 0.5) is 0 Å². The number of likely N-dealkylation sites (tertiary alicyclic amines) is 1. The summed E-state index contributed by atoms with van der Waals surface area (Å²) >= 11 is 1.78. The molecule has 0 spiro atoms. The third kappa shape index (κ3) is 4.68. The number of nitrogens with two attached hydrogens (primary N) is 1. The van der Waals surface area contributed by atoms with Gasteiger partial charge in [-0.3, -0.25) is 4.79 Å². The average Bonchev–Trinajstić information content (AvgIpc) is 3.19. The fourth-order valence-corrected chi connectivity index (χ4v) is 5.39. The molecular formula is C24H30N3OS+. The van der Waals surface area contributed by atoms with Crippen LogP contribution in [0.25, 0.3) is 10.2 Å². The zero-order valence-corrected chi connectivity index (χ0v) is 18.1.